The number of hydrogen-bond donors (Lipinski definition) is 0. The lowest BCUT2D eigenvalue weighted by Gasteiger charge is -2.36. The van der Waals surface area contributed by atoms with E-state index in [1.54, 1.807) is 12.1 Å². The maximum absolute atomic E-state index is 6.44. The predicted molar refractivity (Wildman–Crippen MR) is 174 cm³/mol. The second-order valence-corrected chi connectivity index (χ2v) is 12.3. The van der Waals surface area contributed by atoms with Crippen molar-refractivity contribution in [3.05, 3.63) is 106 Å². The summed E-state index contributed by atoms with van der Waals surface area (Å²) in [6.07, 6.45) is 1.57. The fourth-order valence-corrected chi connectivity index (χ4v) is 6.59. The molecule has 0 aliphatic carbocycles. The summed E-state index contributed by atoms with van der Waals surface area (Å²) in [7, 11) is 0. The first-order chi connectivity index (χ1) is 20.9. The average molecular weight is 684 g/mol. The molecule has 224 valence electrons. The third kappa shape index (κ3) is 7.17. The van der Waals surface area contributed by atoms with Crippen molar-refractivity contribution in [3.8, 4) is 17.1 Å². The Kier molecular flexibility index (Phi) is 9.52. The van der Waals surface area contributed by atoms with Gasteiger partial charge in [0.05, 0.1) is 17.0 Å². The van der Waals surface area contributed by atoms with Gasteiger partial charge in [-0.25, -0.2) is 9.97 Å². The second-order valence-electron chi connectivity index (χ2n) is 10.8. The van der Waals surface area contributed by atoms with Crippen LogP contribution < -0.4 is 9.64 Å². The zero-order valence-corrected chi connectivity index (χ0v) is 27.0. The van der Waals surface area contributed by atoms with E-state index < -0.39 is 5.79 Å². The van der Waals surface area contributed by atoms with Crippen molar-refractivity contribution in [1.82, 2.24) is 14.9 Å². The molecule has 7 nitrogen and oxygen atoms in total. The van der Waals surface area contributed by atoms with Gasteiger partial charge >= 0.3 is 0 Å². The van der Waals surface area contributed by atoms with Gasteiger partial charge in [0.25, 0.3) is 0 Å². The Morgan fingerprint density at radius 3 is 2.44 bits per heavy atom. The predicted octanol–water partition coefficient (Wildman–Crippen LogP) is 7.12. The van der Waals surface area contributed by atoms with Crippen molar-refractivity contribution < 1.29 is 14.2 Å². The molecule has 2 saturated heterocycles. The number of piperazine rings is 1. The maximum Gasteiger partial charge on any atom is 0.206 e. The molecular weight excluding hydrogens is 651 g/mol. The van der Waals surface area contributed by atoms with Crippen molar-refractivity contribution in [2.75, 3.05) is 49.6 Å². The smallest absolute Gasteiger partial charge is 0.206 e. The van der Waals surface area contributed by atoms with Gasteiger partial charge in [-0.3, -0.25) is 4.90 Å². The summed E-state index contributed by atoms with van der Waals surface area (Å²) in [6, 6.07) is 24.1. The van der Waals surface area contributed by atoms with E-state index in [2.05, 4.69) is 72.1 Å². The van der Waals surface area contributed by atoms with Gasteiger partial charge in [0.2, 0.25) is 5.79 Å². The third-order valence-electron chi connectivity index (χ3n) is 7.80. The van der Waals surface area contributed by atoms with Gasteiger partial charge in [-0.2, -0.15) is 0 Å². The summed E-state index contributed by atoms with van der Waals surface area (Å²) in [5.74, 6) is 0.599. The Hall–Kier alpha value is -2.72. The van der Waals surface area contributed by atoms with Crippen LogP contribution in [0.4, 0.5) is 5.69 Å². The molecule has 10 heteroatoms. The van der Waals surface area contributed by atoms with E-state index in [-0.39, 0.29) is 6.10 Å². The Morgan fingerprint density at radius 1 is 0.977 bits per heavy atom. The van der Waals surface area contributed by atoms with E-state index in [4.69, 9.17) is 37.4 Å². The van der Waals surface area contributed by atoms with Crippen molar-refractivity contribution >= 4 is 44.8 Å². The van der Waals surface area contributed by atoms with E-state index in [1.807, 2.05) is 37.4 Å². The molecule has 0 amide bonds. The molecule has 2 fully saturated rings. The number of aromatic nitrogens is 2. The zero-order chi connectivity index (χ0) is 29.8. The highest BCUT2D eigenvalue weighted by molar-refractivity contribution is 9.09. The Morgan fingerprint density at radius 2 is 1.74 bits per heavy atom. The van der Waals surface area contributed by atoms with Crippen molar-refractivity contribution in [2.24, 2.45) is 0 Å². The van der Waals surface area contributed by atoms with E-state index >= 15 is 0 Å². The number of hydrogen-bond acceptors (Lipinski definition) is 7. The SMILES string of the molecule is Cc1ccnc(-c2ccc(CN3CCN(c4ccc(OC[C@@H]5CO[C@](CBr)(c6ccc(Cl)cc6Cl)O5)cc4)CC3)cc2)n1. The summed E-state index contributed by atoms with van der Waals surface area (Å²) in [5.41, 5.74) is 5.26. The van der Waals surface area contributed by atoms with Gasteiger partial charge < -0.3 is 19.1 Å². The highest BCUT2D eigenvalue weighted by atomic mass is 79.9. The molecule has 2 aliphatic rings. The van der Waals surface area contributed by atoms with Crippen LogP contribution in [0.15, 0.2) is 79.0 Å². The summed E-state index contributed by atoms with van der Waals surface area (Å²) < 4.78 is 18.4. The number of anilines is 1. The maximum atomic E-state index is 6.44. The fourth-order valence-electron chi connectivity index (χ4n) is 5.44. The lowest BCUT2D eigenvalue weighted by atomic mass is 10.1. The van der Waals surface area contributed by atoms with Crippen LogP contribution in [-0.4, -0.2) is 65.7 Å². The number of aryl methyl sites for hydroxylation is 1. The molecule has 43 heavy (non-hydrogen) atoms. The topological polar surface area (TPSA) is 60.0 Å². The molecule has 3 aromatic carbocycles. The van der Waals surface area contributed by atoms with Gasteiger partial charge in [-0.15, -0.1) is 0 Å². The van der Waals surface area contributed by atoms with Crippen LogP contribution >= 0.6 is 39.1 Å². The Balaban J connectivity index is 0.969. The minimum atomic E-state index is -0.971. The van der Waals surface area contributed by atoms with Crippen LogP contribution in [0.2, 0.25) is 10.0 Å². The van der Waals surface area contributed by atoms with Crippen LogP contribution in [0.3, 0.4) is 0 Å². The summed E-state index contributed by atoms with van der Waals surface area (Å²) in [6.45, 7) is 7.66. The van der Waals surface area contributed by atoms with Crippen molar-refractivity contribution in [1.29, 1.82) is 0 Å². The molecule has 0 bridgehead atoms. The van der Waals surface area contributed by atoms with Gasteiger partial charge in [0.15, 0.2) is 5.82 Å². The van der Waals surface area contributed by atoms with Crippen LogP contribution in [0.1, 0.15) is 16.8 Å². The normalized spacial score (nSPS) is 20.8. The first-order valence-corrected chi connectivity index (χ1v) is 16.2. The fraction of sp³-hybridized carbons (Fsp3) is 0.333. The monoisotopic (exact) mass is 682 g/mol. The molecule has 6 rings (SSSR count). The molecule has 1 aromatic heterocycles. The van der Waals surface area contributed by atoms with Gasteiger partial charge in [-0.1, -0.05) is 69.5 Å². The van der Waals surface area contributed by atoms with Gasteiger partial charge in [-0.05, 0) is 55.0 Å². The van der Waals surface area contributed by atoms with Crippen LogP contribution in [0.25, 0.3) is 11.4 Å². The minimum absolute atomic E-state index is 0.232. The lowest BCUT2D eigenvalue weighted by molar-refractivity contribution is -0.159. The van der Waals surface area contributed by atoms with E-state index in [1.165, 1.54) is 11.3 Å². The lowest BCUT2D eigenvalue weighted by Crippen LogP contribution is -2.45. The summed E-state index contributed by atoms with van der Waals surface area (Å²) in [5, 5.41) is 1.51. The molecule has 2 atom stereocenters. The van der Waals surface area contributed by atoms with E-state index in [0.717, 1.165) is 61.1 Å². The quantitative estimate of drug-likeness (QED) is 0.174. The third-order valence-corrected chi connectivity index (χ3v) is 9.09. The molecule has 0 spiro atoms. The first-order valence-electron chi connectivity index (χ1n) is 14.3. The first kappa shape index (κ1) is 30.3. The highest BCUT2D eigenvalue weighted by Crippen LogP contribution is 2.40. The Bertz CT molecular complexity index is 1530. The molecule has 3 heterocycles. The average Bonchev–Trinajstić information content (AvgIpc) is 3.45. The largest absolute Gasteiger partial charge is 0.491 e. The van der Waals surface area contributed by atoms with E-state index in [9.17, 15) is 0 Å². The number of nitrogens with zero attached hydrogens (tertiary/aromatic N) is 4. The van der Waals surface area contributed by atoms with Gasteiger partial charge in [0.1, 0.15) is 18.5 Å². The van der Waals surface area contributed by atoms with Gasteiger partial charge in [0, 0.05) is 66.5 Å². The van der Waals surface area contributed by atoms with Crippen LogP contribution in [0.5, 0.6) is 5.75 Å². The molecule has 0 radical (unpaired) electrons. The minimum Gasteiger partial charge on any atom is -0.491 e. The standard InChI is InChI=1S/C33H33BrCl2N4O3/c1-23-12-13-37-32(38-23)25-4-2-24(3-5-25)19-39-14-16-40(17-15-39)27-7-9-28(10-8-27)41-20-29-21-42-33(22-34,43-29)30-11-6-26(35)18-31(30)36/h2-13,18,29H,14-17,19-22H2,1H3/t29-,33+/m1/s1. The van der Waals surface area contributed by atoms with Crippen LogP contribution in [-0.2, 0) is 21.8 Å². The number of ether oxygens (including phenoxy) is 3. The molecule has 0 N–H and O–H groups in total. The summed E-state index contributed by atoms with van der Waals surface area (Å²) >= 11 is 16.0. The number of halogens is 3. The molecule has 0 saturated carbocycles. The summed E-state index contributed by atoms with van der Waals surface area (Å²) in [4.78, 5) is 13.8. The molecular formula is C33H33BrCl2N4O3. The zero-order valence-electron chi connectivity index (χ0n) is 23.9. The number of alkyl halides is 1. The van der Waals surface area contributed by atoms with Crippen LogP contribution in [0, 0.1) is 6.92 Å². The highest BCUT2D eigenvalue weighted by Gasteiger charge is 2.44. The van der Waals surface area contributed by atoms with E-state index in [0.29, 0.717) is 28.6 Å². The number of rotatable bonds is 9. The molecule has 2 aliphatic heterocycles. The van der Waals surface area contributed by atoms with Crippen molar-refractivity contribution in [3.63, 3.8) is 0 Å². The van der Waals surface area contributed by atoms with Crippen molar-refractivity contribution in [2.45, 2.75) is 25.4 Å². The Labute approximate surface area is 270 Å². The second kappa shape index (κ2) is 13.5. The molecule has 4 aromatic rings. The molecule has 0 unspecified atom stereocenters. The number of benzene rings is 3.